The highest BCUT2D eigenvalue weighted by atomic mass is 16.5. The Bertz CT molecular complexity index is 154. The number of nitrogens with two attached hydrogens (primary N) is 1. The Hall–Kier alpha value is -0.0800. The molecule has 1 rings (SSSR count). The molecular formula is C12H25NO. The van der Waals surface area contributed by atoms with Gasteiger partial charge in [0.15, 0.2) is 0 Å². The van der Waals surface area contributed by atoms with Gasteiger partial charge < -0.3 is 10.5 Å². The Morgan fingerprint density at radius 2 is 2.14 bits per heavy atom. The monoisotopic (exact) mass is 199 g/mol. The first kappa shape index (κ1) is 12.0. The standard InChI is InChI=1S/C12H25NO/c1-3-4-11(2)9-14-10-12(5-6-12)7-8-13/h11H,3-10,13H2,1-2H3. The van der Waals surface area contributed by atoms with Gasteiger partial charge in [0.05, 0.1) is 6.61 Å². The molecule has 1 saturated carbocycles. The zero-order chi connectivity index (χ0) is 10.4. The van der Waals surface area contributed by atoms with Gasteiger partial charge in [0.2, 0.25) is 0 Å². The summed E-state index contributed by atoms with van der Waals surface area (Å²) in [7, 11) is 0. The van der Waals surface area contributed by atoms with E-state index in [0.29, 0.717) is 11.3 Å². The van der Waals surface area contributed by atoms with Crippen molar-refractivity contribution in [1.82, 2.24) is 0 Å². The molecule has 84 valence electrons. The van der Waals surface area contributed by atoms with E-state index in [1.165, 1.54) is 25.7 Å². The van der Waals surface area contributed by atoms with E-state index < -0.39 is 0 Å². The van der Waals surface area contributed by atoms with Crippen LogP contribution in [0.3, 0.4) is 0 Å². The maximum atomic E-state index is 5.77. The van der Waals surface area contributed by atoms with Crippen LogP contribution in [0, 0.1) is 11.3 Å². The highest BCUT2D eigenvalue weighted by Gasteiger charge is 2.41. The smallest absolute Gasteiger partial charge is 0.0523 e. The van der Waals surface area contributed by atoms with Crippen LogP contribution >= 0.6 is 0 Å². The van der Waals surface area contributed by atoms with E-state index in [4.69, 9.17) is 10.5 Å². The van der Waals surface area contributed by atoms with Crippen molar-refractivity contribution in [1.29, 1.82) is 0 Å². The summed E-state index contributed by atoms with van der Waals surface area (Å²) in [5, 5.41) is 0. The third kappa shape index (κ3) is 3.97. The van der Waals surface area contributed by atoms with E-state index in [-0.39, 0.29) is 0 Å². The molecule has 1 aliphatic rings. The molecule has 0 heterocycles. The van der Waals surface area contributed by atoms with E-state index in [2.05, 4.69) is 13.8 Å². The maximum Gasteiger partial charge on any atom is 0.0523 e. The van der Waals surface area contributed by atoms with Gasteiger partial charge in [-0.2, -0.15) is 0 Å². The van der Waals surface area contributed by atoms with Gasteiger partial charge >= 0.3 is 0 Å². The summed E-state index contributed by atoms with van der Waals surface area (Å²) in [5.41, 5.74) is 6.07. The van der Waals surface area contributed by atoms with E-state index >= 15 is 0 Å². The summed E-state index contributed by atoms with van der Waals surface area (Å²) in [6.45, 7) is 7.19. The van der Waals surface area contributed by atoms with Gasteiger partial charge in [-0.15, -0.1) is 0 Å². The summed E-state index contributed by atoms with van der Waals surface area (Å²) in [5.74, 6) is 0.716. The average molecular weight is 199 g/mol. The molecule has 1 atom stereocenters. The SMILES string of the molecule is CCCC(C)COCC1(CCN)CC1. The summed E-state index contributed by atoms with van der Waals surface area (Å²) >= 11 is 0. The van der Waals surface area contributed by atoms with Gasteiger partial charge in [-0.3, -0.25) is 0 Å². The minimum Gasteiger partial charge on any atom is -0.381 e. The fourth-order valence-corrected chi connectivity index (χ4v) is 2.00. The van der Waals surface area contributed by atoms with Crippen molar-refractivity contribution >= 4 is 0 Å². The number of hydrogen-bond donors (Lipinski definition) is 1. The third-order valence-electron chi connectivity index (χ3n) is 3.22. The van der Waals surface area contributed by atoms with Crippen molar-refractivity contribution in [3.05, 3.63) is 0 Å². The molecule has 0 aromatic carbocycles. The zero-order valence-corrected chi connectivity index (χ0v) is 9.72. The topological polar surface area (TPSA) is 35.2 Å². The molecule has 0 radical (unpaired) electrons. The maximum absolute atomic E-state index is 5.77. The summed E-state index contributed by atoms with van der Waals surface area (Å²) < 4.78 is 5.77. The quantitative estimate of drug-likeness (QED) is 0.652. The van der Waals surface area contributed by atoms with Gasteiger partial charge in [0.1, 0.15) is 0 Å². The van der Waals surface area contributed by atoms with Gasteiger partial charge in [-0.1, -0.05) is 20.3 Å². The molecule has 1 aliphatic carbocycles. The molecule has 0 aromatic heterocycles. The zero-order valence-electron chi connectivity index (χ0n) is 9.72. The van der Waals surface area contributed by atoms with Crippen LogP contribution in [0.25, 0.3) is 0 Å². The largest absolute Gasteiger partial charge is 0.381 e. The second-order valence-corrected chi connectivity index (χ2v) is 4.95. The second kappa shape index (κ2) is 5.72. The summed E-state index contributed by atoms with van der Waals surface area (Å²) in [6.07, 6.45) is 6.34. The van der Waals surface area contributed by atoms with E-state index in [0.717, 1.165) is 26.2 Å². The minimum absolute atomic E-state index is 0.487. The fourth-order valence-electron chi connectivity index (χ4n) is 2.00. The van der Waals surface area contributed by atoms with Crippen molar-refractivity contribution in [3.8, 4) is 0 Å². The Balaban J connectivity index is 2.03. The lowest BCUT2D eigenvalue weighted by Gasteiger charge is -2.16. The van der Waals surface area contributed by atoms with E-state index in [1.54, 1.807) is 0 Å². The number of ether oxygens (including phenoxy) is 1. The van der Waals surface area contributed by atoms with Crippen LogP contribution in [-0.2, 0) is 4.74 Å². The van der Waals surface area contributed by atoms with Crippen LogP contribution < -0.4 is 5.73 Å². The van der Waals surface area contributed by atoms with Crippen LogP contribution in [0.4, 0.5) is 0 Å². The Labute approximate surface area is 88.2 Å². The van der Waals surface area contributed by atoms with Crippen LogP contribution in [0.1, 0.15) is 46.0 Å². The van der Waals surface area contributed by atoms with Crippen LogP contribution in [-0.4, -0.2) is 19.8 Å². The highest BCUT2D eigenvalue weighted by Crippen LogP contribution is 2.48. The third-order valence-corrected chi connectivity index (χ3v) is 3.22. The molecule has 2 nitrogen and oxygen atoms in total. The normalized spacial score (nSPS) is 20.8. The average Bonchev–Trinajstić information content (AvgIpc) is 2.86. The number of hydrogen-bond acceptors (Lipinski definition) is 2. The molecule has 0 spiro atoms. The molecule has 14 heavy (non-hydrogen) atoms. The van der Waals surface area contributed by atoms with Gasteiger partial charge in [0.25, 0.3) is 0 Å². The van der Waals surface area contributed by atoms with E-state index in [9.17, 15) is 0 Å². The molecule has 0 saturated heterocycles. The lowest BCUT2D eigenvalue weighted by Crippen LogP contribution is -2.17. The van der Waals surface area contributed by atoms with Crippen molar-refractivity contribution < 1.29 is 4.74 Å². The van der Waals surface area contributed by atoms with Gasteiger partial charge in [-0.05, 0) is 43.6 Å². The van der Waals surface area contributed by atoms with Crippen molar-refractivity contribution in [2.75, 3.05) is 19.8 Å². The minimum atomic E-state index is 0.487. The molecule has 1 unspecified atom stereocenters. The first-order valence-electron chi connectivity index (χ1n) is 6.00. The van der Waals surface area contributed by atoms with E-state index in [1.807, 2.05) is 0 Å². The summed E-state index contributed by atoms with van der Waals surface area (Å²) in [6, 6.07) is 0. The first-order valence-corrected chi connectivity index (χ1v) is 6.00. The molecule has 0 amide bonds. The molecule has 0 aromatic rings. The predicted octanol–water partition coefficient (Wildman–Crippen LogP) is 2.57. The summed E-state index contributed by atoms with van der Waals surface area (Å²) in [4.78, 5) is 0. The second-order valence-electron chi connectivity index (χ2n) is 4.95. The van der Waals surface area contributed by atoms with Crippen molar-refractivity contribution in [2.24, 2.45) is 17.1 Å². The van der Waals surface area contributed by atoms with Crippen LogP contribution in [0.5, 0.6) is 0 Å². The molecule has 1 fully saturated rings. The molecule has 2 N–H and O–H groups in total. The molecule has 0 bridgehead atoms. The molecule has 0 aliphatic heterocycles. The van der Waals surface area contributed by atoms with Crippen LogP contribution in [0.15, 0.2) is 0 Å². The fraction of sp³-hybridized carbons (Fsp3) is 1.00. The first-order chi connectivity index (χ1) is 6.72. The Kier molecular flexibility index (Phi) is 4.90. The lowest BCUT2D eigenvalue weighted by atomic mass is 10.0. The molecule has 2 heteroatoms. The Morgan fingerprint density at radius 1 is 1.43 bits per heavy atom. The number of rotatable bonds is 8. The van der Waals surface area contributed by atoms with Crippen molar-refractivity contribution in [2.45, 2.75) is 46.0 Å². The Morgan fingerprint density at radius 3 is 2.64 bits per heavy atom. The van der Waals surface area contributed by atoms with Gasteiger partial charge in [-0.25, -0.2) is 0 Å². The predicted molar refractivity (Wildman–Crippen MR) is 60.2 cm³/mol. The molecular weight excluding hydrogens is 174 g/mol. The van der Waals surface area contributed by atoms with Crippen molar-refractivity contribution in [3.63, 3.8) is 0 Å². The highest BCUT2D eigenvalue weighted by molar-refractivity contribution is 4.92. The van der Waals surface area contributed by atoms with Crippen LogP contribution in [0.2, 0.25) is 0 Å². The van der Waals surface area contributed by atoms with Gasteiger partial charge in [0, 0.05) is 6.61 Å². The lowest BCUT2D eigenvalue weighted by molar-refractivity contribution is 0.0632.